The van der Waals surface area contributed by atoms with E-state index in [2.05, 4.69) is 14.9 Å². The van der Waals surface area contributed by atoms with Gasteiger partial charge in [-0.3, -0.25) is 4.79 Å². The number of carbonyl (C=O) groups excluding carboxylic acids is 1. The molecule has 1 amide bonds. The van der Waals surface area contributed by atoms with Crippen molar-refractivity contribution in [1.29, 1.82) is 0 Å². The number of halogens is 2. The van der Waals surface area contributed by atoms with Gasteiger partial charge in [-0.1, -0.05) is 11.6 Å². The molecule has 0 aliphatic carbocycles. The molecular weight excluding hydrogens is 393 g/mol. The topological polar surface area (TPSA) is 78.5 Å². The van der Waals surface area contributed by atoms with Crippen LogP contribution >= 0.6 is 11.6 Å². The smallest absolute Gasteiger partial charge is 0.251 e. The number of sulfonamides is 1. The maximum Gasteiger partial charge on any atom is 0.251 e. The van der Waals surface area contributed by atoms with E-state index in [-0.39, 0.29) is 16.5 Å². The molecular formula is C18H27ClFN3O3S. The average Bonchev–Trinajstić information content (AvgIpc) is 2.59. The minimum atomic E-state index is -3.22. The fourth-order valence-corrected chi connectivity index (χ4v) is 3.88. The molecule has 1 heterocycles. The minimum absolute atomic E-state index is 0.196. The van der Waals surface area contributed by atoms with Gasteiger partial charge in [-0.25, -0.2) is 17.5 Å². The van der Waals surface area contributed by atoms with Crippen molar-refractivity contribution in [2.45, 2.75) is 31.9 Å². The molecule has 9 heteroatoms. The fraction of sp³-hybridized carbons (Fsp3) is 0.611. The van der Waals surface area contributed by atoms with Crippen molar-refractivity contribution in [3.63, 3.8) is 0 Å². The lowest BCUT2D eigenvalue weighted by atomic mass is 9.96. The van der Waals surface area contributed by atoms with Crippen molar-refractivity contribution in [2.24, 2.45) is 5.92 Å². The molecule has 0 atom stereocenters. The van der Waals surface area contributed by atoms with Gasteiger partial charge in [-0.05, 0) is 63.9 Å². The zero-order chi connectivity index (χ0) is 20.0. The molecule has 6 nitrogen and oxygen atoms in total. The van der Waals surface area contributed by atoms with Gasteiger partial charge in [0.15, 0.2) is 0 Å². The predicted octanol–water partition coefficient (Wildman–Crippen LogP) is 2.25. The van der Waals surface area contributed by atoms with Gasteiger partial charge >= 0.3 is 0 Å². The maximum atomic E-state index is 13.3. The van der Waals surface area contributed by atoms with Gasteiger partial charge < -0.3 is 10.2 Å². The maximum absolute atomic E-state index is 13.3. The first-order chi connectivity index (χ1) is 12.7. The number of amides is 1. The Morgan fingerprint density at radius 2 is 1.96 bits per heavy atom. The molecule has 152 valence electrons. The summed E-state index contributed by atoms with van der Waals surface area (Å²) in [6.07, 6.45) is 1.84. The first-order valence-electron chi connectivity index (χ1n) is 9.12. The summed E-state index contributed by atoms with van der Waals surface area (Å²) < 4.78 is 39.4. The number of hydrogen-bond acceptors (Lipinski definition) is 4. The lowest BCUT2D eigenvalue weighted by Crippen LogP contribution is -2.42. The molecule has 1 aromatic rings. The van der Waals surface area contributed by atoms with Gasteiger partial charge in [0.1, 0.15) is 5.82 Å². The Bertz CT molecular complexity index is 730. The Labute approximate surface area is 165 Å². The first-order valence-corrected chi connectivity index (χ1v) is 11.0. The van der Waals surface area contributed by atoms with E-state index in [1.807, 2.05) is 0 Å². The van der Waals surface area contributed by atoms with Crippen molar-refractivity contribution in [2.75, 3.05) is 32.7 Å². The van der Waals surface area contributed by atoms with Crippen molar-refractivity contribution >= 4 is 27.5 Å². The van der Waals surface area contributed by atoms with Crippen LogP contribution in [0.4, 0.5) is 4.39 Å². The monoisotopic (exact) mass is 419 g/mol. The number of rotatable bonds is 8. The van der Waals surface area contributed by atoms with Gasteiger partial charge in [0.25, 0.3) is 5.91 Å². The van der Waals surface area contributed by atoms with Crippen molar-refractivity contribution < 1.29 is 17.6 Å². The zero-order valence-electron chi connectivity index (χ0n) is 15.7. The van der Waals surface area contributed by atoms with Crippen LogP contribution in [0, 0.1) is 11.7 Å². The number of likely N-dealkylation sites (tertiary alicyclic amines) is 1. The van der Waals surface area contributed by atoms with Crippen LogP contribution in [-0.4, -0.2) is 57.2 Å². The molecule has 1 aliphatic heterocycles. The number of piperidine rings is 1. The van der Waals surface area contributed by atoms with Crippen LogP contribution < -0.4 is 10.0 Å². The highest BCUT2D eigenvalue weighted by Crippen LogP contribution is 2.17. The third-order valence-electron chi connectivity index (χ3n) is 4.74. The summed E-state index contributed by atoms with van der Waals surface area (Å²) >= 11 is 5.78. The summed E-state index contributed by atoms with van der Waals surface area (Å²) in [5, 5.41) is 2.60. The van der Waals surface area contributed by atoms with Crippen LogP contribution in [0.3, 0.4) is 0 Å². The molecule has 1 aromatic carbocycles. The van der Waals surface area contributed by atoms with Crippen LogP contribution in [0.2, 0.25) is 5.02 Å². The van der Waals surface area contributed by atoms with Crippen LogP contribution in [0.15, 0.2) is 18.2 Å². The molecule has 1 saturated heterocycles. The van der Waals surface area contributed by atoms with Crippen LogP contribution in [0.1, 0.15) is 37.0 Å². The van der Waals surface area contributed by atoms with Gasteiger partial charge in [-0.15, -0.1) is 0 Å². The van der Waals surface area contributed by atoms with Gasteiger partial charge in [0.2, 0.25) is 10.0 Å². The van der Waals surface area contributed by atoms with E-state index in [0.29, 0.717) is 25.6 Å². The second-order valence-electron chi connectivity index (χ2n) is 7.14. The van der Waals surface area contributed by atoms with E-state index in [0.717, 1.165) is 32.0 Å². The van der Waals surface area contributed by atoms with Crippen LogP contribution in [0.5, 0.6) is 0 Å². The highest BCUT2D eigenvalue weighted by molar-refractivity contribution is 7.90. The Hall–Kier alpha value is -1.22. The molecule has 1 aliphatic rings. The first kappa shape index (κ1) is 22.1. The number of hydrogen-bond donors (Lipinski definition) is 2. The number of nitrogens with one attached hydrogen (secondary N) is 2. The average molecular weight is 420 g/mol. The second kappa shape index (κ2) is 9.82. The second-order valence-corrected chi connectivity index (χ2v) is 9.90. The molecule has 0 saturated carbocycles. The van der Waals surface area contributed by atoms with E-state index < -0.39 is 21.1 Å². The molecule has 2 N–H and O–H groups in total. The highest BCUT2D eigenvalue weighted by atomic mass is 35.5. The summed E-state index contributed by atoms with van der Waals surface area (Å²) in [5.74, 6) is -0.516. The molecule has 0 spiro atoms. The van der Waals surface area contributed by atoms with E-state index >= 15 is 0 Å². The molecule has 0 bridgehead atoms. The molecule has 0 radical (unpaired) electrons. The summed E-state index contributed by atoms with van der Waals surface area (Å²) in [5.41, 5.74) is 0.217. The van der Waals surface area contributed by atoms with E-state index in [1.54, 1.807) is 13.8 Å². The molecule has 27 heavy (non-hydrogen) atoms. The fourth-order valence-electron chi connectivity index (χ4n) is 2.95. The molecule has 2 rings (SSSR count). The summed E-state index contributed by atoms with van der Waals surface area (Å²) in [7, 11) is -3.22. The van der Waals surface area contributed by atoms with Gasteiger partial charge in [-0.2, -0.15) is 0 Å². The van der Waals surface area contributed by atoms with Gasteiger partial charge in [0.05, 0.1) is 5.25 Å². The predicted molar refractivity (Wildman–Crippen MR) is 105 cm³/mol. The third kappa shape index (κ3) is 7.03. The van der Waals surface area contributed by atoms with Gasteiger partial charge in [0, 0.05) is 30.2 Å². The lowest BCUT2D eigenvalue weighted by molar-refractivity contribution is 0.0936. The Morgan fingerprint density at radius 1 is 1.30 bits per heavy atom. The quantitative estimate of drug-likeness (QED) is 0.677. The number of nitrogens with zero attached hydrogens (tertiary/aromatic N) is 1. The minimum Gasteiger partial charge on any atom is -0.352 e. The standard InChI is InChI=1S/C18H27ClFN3O3S/c1-13(2)27(25,26)22-5-8-23-6-3-14(4-7-23)12-21-18(24)15-9-16(19)11-17(20)10-15/h9-11,13-14,22H,3-8,12H2,1-2H3,(H,21,24). The molecule has 1 fully saturated rings. The Balaban J connectivity index is 1.69. The molecule has 0 aromatic heterocycles. The highest BCUT2D eigenvalue weighted by Gasteiger charge is 2.21. The SMILES string of the molecule is CC(C)S(=O)(=O)NCCN1CCC(CNC(=O)c2cc(F)cc(Cl)c2)CC1. The van der Waals surface area contributed by atoms with Crippen LogP contribution in [0.25, 0.3) is 0 Å². The molecule has 0 unspecified atom stereocenters. The van der Waals surface area contributed by atoms with Crippen molar-refractivity contribution in [3.05, 3.63) is 34.6 Å². The van der Waals surface area contributed by atoms with E-state index in [9.17, 15) is 17.6 Å². The van der Waals surface area contributed by atoms with Crippen molar-refractivity contribution in [1.82, 2.24) is 14.9 Å². The Kier molecular flexibility index (Phi) is 8.03. The zero-order valence-corrected chi connectivity index (χ0v) is 17.2. The normalized spacial score (nSPS) is 16.6. The third-order valence-corrected chi connectivity index (χ3v) is 6.80. The van der Waals surface area contributed by atoms with E-state index in [1.165, 1.54) is 12.1 Å². The van der Waals surface area contributed by atoms with Crippen molar-refractivity contribution in [3.8, 4) is 0 Å². The van der Waals surface area contributed by atoms with Crippen LogP contribution in [-0.2, 0) is 10.0 Å². The summed E-state index contributed by atoms with van der Waals surface area (Å²) in [4.78, 5) is 14.4. The summed E-state index contributed by atoms with van der Waals surface area (Å²) in [6, 6.07) is 3.78. The lowest BCUT2D eigenvalue weighted by Gasteiger charge is -2.32. The summed E-state index contributed by atoms with van der Waals surface area (Å²) in [6.45, 7) is 6.63. The number of carbonyl (C=O) groups is 1. The Morgan fingerprint density at radius 3 is 2.56 bits per heavy atom. The number of benzene rings is 1. The van der Waals surface area contributed by atoms with E-state index in [4.69, 9.17) is 11.6 Å². The largest absolute Gasteiger partial charge is 0.352 e.